The molecule has 0 amide bonds. The summed E-state index contributed by atoms with van der Waals surface area (Å²) in [6, 6.07) is 10.3. The van der Waals surface area contributed by atoms with E-state index in [0.717, 1.165) is 30.8 Å². The van der Waals surface area contributed by atoms with E-state index >= 15 is 0 Å². The van der Waals surface area contributed by atoms with Gasteiger partial charge in [-0.2, -0.15) is 5.26 Å². The molecule has 3 heteroatoms. The lowest BCUT2D eigenvalue weighted by Gasteiger charge is -2.15. The van der Waals surface area contributed by atoms with Crippen LogP contribution in [0.1, 0.15) is 40.5 Å². The Kier molecular flexibility index (Phi) is 5.69. The van der Waals surface area contributed by atoms with Gasteiger partial charge in [-0.05, 0) is 64.8 Å². The molecule has 0 saturated heterocycles. The molecule has 0 heterocycles. The third-order valence-electron chi connectivity index (χ3n) is 2.84. The maximum atomic E-state index is 8.93. The zero-order chi connectivity index (χ0) is 14.3. The molecule has 1 aromatic rings. The third kappa shape index (κ3) is 6.15. The normalized spacial score (nSPS) is 11.2. The summed E-state index contributed by atoms with van der Waals surface area (Å²) in [5.41, 5.74) is 0.863. The quantitative estimate of drug-likeness (QED) is 0.747. The lowest BCUT2D eigenvalue weighted by molar-refractivity contribution is 0.242. The van der Waals surface area contributed by atoms with Crippen LogP contribution in [-0.4, -0.2) is 12.6 Å². The van der Waals surface area contributed by atoms with E-state index in [0.29, 0.717) is 0 Å². The SMILES string of the molecule is CC(C)Oc1ccc(NCCCC(C)(C)C#N)cc1. The molecule has 1 rings (SSSR count). The fourth-order valence-electron chi connectivity index (χ4n) is 1.74. The van der Waals surface area contributed by atoms with Gasteiger partial charge in [0, 0.05) is 12.2 Å². The molecule has 0 aliphatic carbocycles. The number of nitrogens with one attached hydrogen (secondary N) is 1. The first-order chi connectivity index (χ1) is 8.93. The molecule has 0 aliphatic rings. The Morgan fingerprint density at radius 3 is 2.42 bits per heavy atom. The van der Waals surface area contributed by atoms with Crippen LogP contribution in [0, 0.1) is 16.7 Å². The Morgan fingerprint density at radius 2 is 1.89 bits per heavy atom. The Morgan fingerprint density at radius 1 is 1.26 bits per heavy atom. The van der Waals surface area contributed by atoms with E-state index in [1.54, 1.807) is 0 Å². The second kappa shape index (κ2) is 7.04. The van der Waals surface area contributed by atoms with Crippen LogP contribution in [0.2, 0.25) is 0 Å². The lowest BCUT2D eigenvalue weighted by atomic mass is 9.90. The number of benzene rings is 1. The van der Waals surface area contributed by atoms with E-state index < -0.39 is 0 Å². The van der Waals surface area contributed by atoms with Gasteiger partial charge in [-0.3, -0.25) is 0 Å². The average Bonchev–Trinajstić information content (AvgIpc) is 2.36. The minimum Gasteiger partial charge on any atom is -0.491 e. The summed E-state index contributed by atoms with van der Waals surface area (Å²) in [5, 5.41) is 12.3. The molecule has 1 aromatic carbocycles. The highest BCUT2D eigenvalue weighted by Gasteiger charge is 2.15. The standard InChI is InChI=1S/C16H24N2O/c1-13(2)19-15-8-6-14(7-9-15)18-11-5-10-16(3,4)12-17/h6-9,13,18H,5,10-11H2,1-4H3. The van der Waals surface area contributed by atoms with E-state index in [1.165, 1.54) is 0 Å². The topological polar surface area (TPSA) is 45.0 Å². The maximum absolute atomic E-state index is 8.93. The monoisotopic (exact) mass is 260 g/mol. The second-order valence-corrected chi connectivity index (χ2v) is 5.72. The zero-order valence-electron chi connectivity index (χ0n) is 12.4. The summed E-state index contributed by atoms with van der Waals surface area (Å²) >= 11 is 0. The first kappa shape index (κ1) is 15.4. The Balaban J connectivity index is 2.33. The van der Waals surface area contributed by atoms with E-state index in [2.05, 4.69) is 11.4 Å². The summed E-state index contributed by atoms with van der Waals surface area (Å²) in [7, 11) is 0. The van der Waals surface area contributed by atoms with Gasteiger partial charge in [0.15, 0.2) is 0 Å². The average molecular weight is 260 g/mol. The van der Waals surface area contributed by atoms with Crippen molar-refractivity contribution in [2.24, 2.45) is 5.41 Å². The predicted molar refractivity (Wildman–Crippen MR) is 79.3 cm³/mol. The van der Waals surface area contributed by atoms with Crippen molar-refractivity contribution in [1.82, 2.24) is 0 Å². The molecule has 0 unspecified atom stereocenters. The Bertz CT molecular complexity index is 415. The van der Waals surface area contributed by atoms with E-state index in [9.17, 15) is 0 Å². The van der Waals surface area contributed by atoms with E-state index in [1.807, 2.05) is 52.0 Å². The van der Waals surface area contributed by atoms with Crippen LogP contribution < -0.4 is 10.1 Å². The number of rotatable bonds is 7. The molecule has 0 aliphatic heterocycles. The van der Waals surface area contributed by atoms with Gasteiger partial charge in [-0.15, -0.1) is 0 Å². The fraction of sp³-hybridized carbons (Fsp3) is 0.562. The maximum Gasteiger partial charge on any atom is 0.119 e. The van der Waals surface area contributed by atoms with Crippen molar-refractivity contribution in [2.45, 2.75) is 46.6 Å². The van der Waals surface area contributed by atoms with Gasteiger partial charge in [0.1, 0.15) is 5.75 Å². The van der Waals surface area contributed by atoms with Gasteiger partial charge in [0.2, 0.25) is 0 Å². The van der Waals surface area contributed by atoms with Crippen LogP contribution in [0.4, 0.5) is 5.69 Å². The predicted octanol–water partition coefficient (Wildman–Crippen LogP) is 4.22. The molecule has 19 heavy (non-hydrogen) atoms. The third-order valence-corrected chi connectivity index (χ3v) is 2.84. The summed E-state index contributed by atoms with van der Waals surface area (Å²) in [6.45, 7) is 8.87. The molecule has 0 atom stereocenters. The zero-order valence-corrected chi connectivity index (χ0v) is 12.4. The highest BCUT2D eigenvalue weighted by atomic mass is 16.5. The van der Waals surface area contributed by atoms with E-state index in [-0.39, 0.29) is 11.5 Å². The van der Waals surface area contributed by atoms with Gasteiger partial charge >= 0.3 is 0 Å². The second-order valence-electron chi connectivity index (χ2n) is 5.72. The minimum absolute atomic E-state index is 0.201. The summed E-state index contributed by atoms with van der Waals surface area (Å²) in [6.07, 6.45) is 2.10. The molecular weight excluding hydrogens is 236 g/mol. The molecule has 0 bridgehead atoms. The Labute approximate surface area is 116 Å². The van der Waals surface area contributed by atoms with Gasteiger partial charge in [-0.25, -0.2) is 0 Å². The van der Waals surface area contributed by atoms with Gasteiger partial charge in [0.05, 0.1) is 17.6 Å². The molecule has 1 N–H and O–H groups in total. The van der Waals surface area contributed by atoms with Gasteiger partial charge in [0.25, 0.3) is 0 Å². The fourth-order valence-corrected chi connectivity index (χ4v) is 1.74. The number of nitrogens with zero attached hydrogens (tertiary/aromatic N) is 1. The molecular formula is C16H24N2O. The molecule has 0 fully saturated rings. The molecule has 0 spiro atoms. The number of hydrogen-bond donors (Lipinski definition) is 1. The lowest BCUT2D eigenvalue weighted by Crippen LogP contribution is -2.11. The van der Waals surface area contributed by atoms with Crippen LogP contribution in [0.5, 0.6) is 5.75 Å². The van der Waals surface area contributed by atoms with Crippen molar-refractivity contribution < 1.29 is 4.74 Å². The Hall–Kier alpha value is -1.69. The van der Waals surface area contributed by atoms with Crippen molar-refractivity contribution in [3.8, 4) is 11.8 Å². The van der Waals surface area contributed by atoms with Crippen LogP contribution >= 0.6 is 0 Å². The van der Waals surface area contributed by atoms with Crippen LogP contribution in [0.15, 0.2) is 24.3 Å². The smallest absolute Gasteiger partial charge is 0.119 e. The number of anilines is 1. The highest BCUT2D eigenvalue weighted by Crippen LogP contribution is 2.21. The van der Waals surface area contributed by atoms with E-state index in [4.69, 9.17) is 10.00 Å². The van der Waals surface area contributed by atoms with Crippen molar-refractivity contribution in [3.05, 3.63) is 24.3 Å². The molecule has 0 saturated carbocycles. The molecule has 0 radical (unpaired) electrons. The first-order valence-electron chi connectivity index (χ1n) is 6.85. The highest BCUT2D eigenvalue weighted by molar-refractivity contribution is 5.46. The largest absolute Gasteiger partial charge is 0.491 e. The number of nitriles is 1. The van der Waals surface area contributed by atoms with Gasteiger partial charge in [-0.1, -0.05) is 0 Å². The first-order valence-corrected chi connectivity index (χ1v) is 6.85. The van der Waals surface area contributed by atoms with Crippen molar-refractivity contribution >= 4 is 5.69 Å². The number of hydrogen-bond acceptors (Lipinski definition) is 3. The van der Waals surface area contributed by atoms with Crippen LogP contribution in [-0.2, 0) is 0 Å². The molecule has 104 valence electrons. The van der Waals surface area contributed by atoms with Crippen LogP contribution in [0.3, 0.4) is 0 Å². The van der Waals surface area contributed by atoms with Crippen LogP contribution in [0.25, 0.3) is 0 Å². The molecule has 3 nitrogen and oxygen atoms in total. The summed E-state index contributed by atoms with van der Waals surface area (Å²) < 4.78 is 5.59. The summed E-state index contributed by atoms with van der Waals surface area (Å²) in [4.78, 5) is 0. The molecule has 0 aromatic heterocycles. The summed E-state index contributed by atoms with van der Waals surface area (Å²) in [5.74, 6) is 0.895. The van der Waals surface area contributed by atoms with Gasteiger partial charge < -0.3 is 10.1 Å². The van der Waals surface area contributed by atoms with Crippen molar-refractivity contribution in [3.63, 3.8) is 0 Å². The number of ether oxygens (including phenoxy) is 1. The van der Waals surface area contributed by atoms with Crippen molar-refractivity contribution in [2.75, 3.05) is 11.9 Å². The minimum atomic E-state index is -0.226. The van der Waals surface area contributed by atoms with Crippen molar-refractivity contribution in [1.29, 1.82) is 5.26 Å².